The predicted octanol–water partition coefficient (Wildman–Crippen LogP) is 2.00. The summed E-state index contributed by atoms with van der Waals surface area (Å²) in [4.78, 5) is 4.46. The molecule has 0 aliphatic carbocycles. The predicted molar refractivity (Wildman–Crippen MR) is 86.1 cm³/mol. The molecule has 0 spiro atoms. The second-order valence-electron chi connectivity index (χ2n) is 5.05. The lowest BCUT2D eigenvalue weighted by Crippen LogP contribution is -2.38. The summed E-state index contributed by atoms with van der Waals surface area (Å²) < 4.78 is 28.2. The number of rotatable bonds is 6. The Morgan fingerprint density at radius 3 is 2.74 bits per heavy atom. The second kappa shape index (κ2) is 8.26. The molecule has 0 saturated heterocycles. The summed E-state index contributed by atoms with van der Waals surface area (Å²) in [5.41, 5.74) is 1.47. The smallest absolute Gasteiger partial charge is 0.191 e. The zero-order valence-corrected chi connectivity index (χ0v) is 13.3. The number of aromatic nitrogens is 2. The average molecular weight is 321 g/mol. The Bertz CT molecular complexity index is 666. The lowest BCUT2D eigenvalue weighted by atomic mass is 10.1. The molecule has 124 valence electrons. The number of halogens is 2. The summed E-state index contributed by atoms with van der Waals surface area (Å²) in [6, 6.07) is 5.53. The van der Waals surface area contributed by atoms with E-state index in [1.54, 1.807) is 10.9 Å². The monoisotopic (exact) mass is 321 g/mol. The SMILES string of the molecule is CCNC(=NCc1ccnn1C)NCCc1ccc(F)cc1F. The zero-order valence-electron chi connectivity index (χ0n) is 13.3. The van der Waals surface area contributed by atoms with Gasteiger partial charge in [0, 0.05) is 32.4 Å². The van der Waals surface area contributed by atoms with E-state index in [0.29, 0.717) is 31.0 Å². The van der Waals surface area contributed by atoms with Crippen LogP contribution in [0.25, 0.3) is 0 Å². The van der Waals surface area contributed by atoms with E-state index in [-0.39, 0.29) is 0 Å². The molecule has 7 heteroatoms. The average Bonchev–Trinajstić information content (AvgIpc) is 2.92. The van der Waals surface area contributed by atoms with Crippen LogP contribution in [0.4, 0.5) is 8.78 Å². The fraction of sp³-hybridized carbons (Fsp3) is 0.375. The van der Waals surface area contributed by atoms with Crippen molar-refractivity contribution in [3.8, 4) is 0 Å². The standard InChI is InChI=1S/C16H21F2N5/c1-3-19-16(21-11-14-7-9-22-23(14)2)20-8-6-12-4-5-13(17)10-15(12)18/h4-5,7,9-10H,3,6,8,11H2,1-2H3,(H2,19,20,21). The Morgan fingerprint density at radius 2 is 2.09 bits per heavy atom. The van der Waals surface area contributed by atoms with Crippen LogP contribution in [0.1, 0.15) is 18.2 Å². The van der Waals surface area contributed by atoms with Crippen LogP contribution in [-0.4, -0.2) is 28.8 Å². The summed E-state index contributed by atoms with van der Waals surface area (Å²) in [5, 5.41) is 10.4. The summed E-state index contributed by atoms with van der Waals surface area (Å²) in [7, 11) is 1.86. The van der Waals surface area contributed by atoms with E-state index in [9.17, 15) is 8.78 Å². The number of guanidine groups is 1. The van der Waals surface area contributed by atoms with Gasteiger partial charge in [0.25, 0.3) is 0 Å². The highest BCUT2D eigenvalue weighted by atomic mass is 19.1. The van der Waals surface area contributed by atoms with E-state index >= 15 is 0 Å². The van der Waals surface area contributed by atoms with Gasteiger partial charge in [-0.05, 0) is 31.0 Å². The van der Waals surface area contributed by atoms with Gasteiger partial charge in [0.15, 0.2) is 5.96 Å². The van der Waals surface area contributed by atoms with Crippen molar-refractivity contribution >= 4 is 5.96 Å². The van der Waals surface area contributed by atoms with Gasteiger partial charge in [-0.1, -0.05) is 6.07 Å². The molecule has 1 heterocycles. The molecule has 0 unspecified atom stereocenters. The van der Waals surface area contributed by atoms with Crippen LogP contribution in [0.2, 0.25) is 0 Å². The van der Waals surface area contributed by atoms with Gasteiger partial charge in [0.2, 0.25) is 0 Å². The largest absolute Gasteiger partial charge is 0.357 e. The molecule has 0 bridgehead atoms. The molecule has 1 aromatic carbocycles. The van der Waals surface area contributed by atoms with Crippen LogP contribution in [0.5, 0.6) is 0 Å². The first-order valence-electron chi connectivity index (χ1n) is 7.53. The topological polar surface area (TPSA) is 54.2 Å². The van der Waals surface area contributed by atoms with E-state index in [2.05, 4.69) is 20.7 Å². The quantitative estimate of drug-likeness (QED) is 0.632. The summed E-state index contributed by atoms with van der Waals surface area (Å²) in [5.74, 6) is -0.440. The maximum Gasteiger partial charge on any atom is 0.191 e. The zero-order chi connectivity index (χ0) is 16.7. The third kappa shape index (κ3) is 5.05. The van der Waals surface area contributed by atoms with Crippen molar-refractivity contribution in [2.75, 3.05) is 13.1 Å². The fourth-order valence-electron chi connectivity index (χ4n) is 2.10. The maximum atomic E-state index is 13.6. The van der Waals surface area contributed by atoms with Crippen LogP contribution in [-0.2, 0) is 20.0 Å². The Labute approximate surface area is 134 Å². The molecule has 0 atom stereocenters. The minimum Gasteiger partial charge on any atom is -0.357 e. The lowest BCUT2D eigenvalue weighted by molar-refractivity contribution is 0.570. The Hall–Kier alpha value is -2.44. The van der Waals surface area contributed by atoms with E-state index in [1.165, 1.54) is 12.1 Å². The van der Waals surface area contributed by atoms with Crippen molar-refractivity contribution in [3.05, 3.63) is 53.4 Å². The number of nitrogens with one attached hydrogen (secondary N) is 2. The van der Waals surface area contributed by atoms with Crippen LogP contribution >= 0.6 is 0 Å². The molecule has 5 nitrogen and oxygen atoms in total. The second-order valence-corrected chi connectivity index (χ2v) is 5.05. The third-order valence-corrected chi connectivity index (χ3v) is 3.37. The van der Waals surface area contributed by atoms with E-state index in [0.717, 1.165) is 18.3 Å². The number of hydrogen-bond acceptors (Lipinski definition) is 2. The number of aliphatic imine (C=N–C) groups is 1. The van der Waals surface area contributed by atoms with E-state index < -0.39 is 11.6 Å². The molecule has 0 amide bonds. The van der Waals surface area contributed by atoms with Gasteiger partial charge in [-0.2, -0.15) is 5.10 Å². The van der Waals surface area contributed by atoms with Crippen molar-refractivity contribution in [2.24, 2.45) is 12.0 Å². The summed E-state index contributed by atoms with van der Waals surface area (Å²) in [6.45, 7) is 3.69. The summed E-state index contributed by atoms with van der Waals surface area (Å²) >= 11 is 0. The first-order valence-corrected chi connectivity index (χ1v) is 7.53. The molecule has 1 aromatic heterocycles. The normalized spacial score (nSPS) is 11.6. The van der Waals surface area contributed by atoms with Crippen LogP contribution in [0, 0.1) is 11.6 Å². The Kier molecular flexibility index (Phi) is 6.08. The number of aryl methyl sites for hydroxylation is 1. The van der Waals surface area contributed by atoms with Crippen LogP contribution in [0.15, 0.2) is 35.5 Å². The molecule has 0 radical (unpaired) electrons. The van der Waals surface area contributed by atoms with Gasteiger partial charge in [-0.15, -0.1) is 0 Å². The van der Waals surface area contributed by atoms with Gasteiger partial charge in [-0.25, -0.2) is 13.8 Å². The molecule has 0 fully saturated rings. The molecule has 2 rings (SSSR count). The molecule has 0 saturated carbocycles. The van der Waals surface area contributed by atoms with Gasteiger partial charge < -0.3 is 10.6 Å². The molecular weight excluding hydrogens is 300 g/mol. The van der Waals surface area contributed by atoms with Crippen molar-refractivity contribution < 1.29 is 8.78 Å². The van der Waals surface area contributed by atoms with Crippen molar-refractivity contribution in [1.82, 2.24) is 20.4 Å². The van der Waals surface area contributed by atoms with Crippen LogP contribution < -0.4 is 10.6 Å². The van der Waals surface area contributed by atoms with Gasteiger partial charge in [0.1, 0.15) is 11.6 Å². The minimum absolute atomic E-state index is 0.447. The number of nitrogens with zero attached hydrogens (tertiary/aromatic N) is 3. The van der Waals surface area contributed by atoms with Crippen LogP contribution in [0.3, 0.4) is 0 Å². The van der Waals surface area contributed by atoms with Gasteiger partial charge in [0.05, 0.1) is 12.2 Å². The van der Waals surface area contributed by atoms with Gasteiger partial charge in [-0.3, -0.25) is 4.68 Å². The van der Waals surface area contributed by atoms with Crippen molar-refractivity contribution in [1.29, 1.82) is 0 Å². The first-order chi connectivity index (χ1) is 11.1. The number of hydrogen-bond donors (Lipinski definition) is 2. The maximum absolute atomic E-state index is 13.6. The highest BCUT2D eigenvalue weighted by Gasteiger charge is 2.05. The Balaban J connectivity index is 1.90. The molecule has 2 aromatic rings. The lowest BCUT2D eigenvalue weighted by Gasteiger charge is -2.11. The molecule has 2 N–H and O–H groups in total. The van der Waals surface area contributed by atoms with E-state index in [1.807, 2.05) is 20.0 Å². The van der Waals surface area contributed by atoms with E-state index in [4.69, 9.17) is 0 Å². The Morgan fingerprint density at radius 1 is 1.26 bits per heavy atom. The fourth-order valence-corrected chi connectivity index (χ4v) is 2.10. The molecule has 23 heavy (non-hydrogen) atoms. The number of benzene rings is 1. The molecular formula is C16H21F2N5. The minimum atomic E-state index is -0.565. The third-order valence-electron chi connectivity index (χ3n) is 3.37. The van der Waals surface area contributed by atoms with Gasteiger partial charge >= 0.3 is 0 Å². The highest BCUT2D eigenvalue weighted by Crippen LogP contribution is 2.09. The van der Waals surface area contributed by atoms with Crippen molar-refractivity contribution in [3.63, 3.8) is 0 Å². The first kappa shape index (κ1) is 16.9. The summed E-state index contributed by atoms with van der Waals surface area (Å²) in [6.07, 6.45) is 2.17. The highest BCUT2D eigenvalue weighted by molar-refractivity contribution is 5.79. The molecule has 0 aliphatic heterocycles. The van der Waals surface area contributed by atoms with Crippen molar-refractivity contribution in [2.45, 2.75) is 19.9 Å². The molecule has 0 aliphatic rings.